The SMILES string of the molecule is CN1CCCCC(N2CCC(N(c3cc(N(C)C)ncn3)C3CC3)CC2)C1=O. The number of anilines is 2. The summed E-state index contributed by atoms with van der Waals surface area (Å²) >= 11 is 0. The number of carbonyl (C=O) groups excluding carboxylic acids is 1. The number of hydrogen-bond acceptors (Lipinski definition) is 6. The van der Waals surface area contributed by atoms with Crippen molar-refractivity contribution in [2.45, 2.75) is 63.1 Å². The summed E-state index contributed by atoms with van der Waals surface area (Å²) in [5.74, 6) is 2.34. The molecule has 1 unspecified atom stereocenters. The maximum Gasteiger partial charge on any atom is 0.239 e. The topological polar surface area (TPSA) is 55.8 Å². The van der Waals surface area contributed by atoms with Gasteiger partial charge in [-0.1, -0.05) is 0 Å². The molecule has 154 valence electrons. The molecule has 3 heterocycles. The molecule has 1 saturated carbocycles. The van der Waals surface area contributed by atoms with Gasteiger partial charge in [0.1, 0.15) is 18.0 Å². The van der Waals surface area contributed by atoms with Gasteiger partial charge in [0.05, 0.1) is 6.04 Å². The van der Waals surface area contributed by atoms with E-state index in [0.29, 0.717) is 18.0 Å². The number of rotatable bonds is 5. The zero-order valence-electron chi connectivity index (χ0n) is 17.5. The highest BCUT2D eigenvalue weighted by atomic mass is 16.2. The van der Waals surface area contributed by atoms with E-state index in [1.165, 1.54) is 12.8 Å². The number of nitrogens with zero attached hydrogens (tertiary/aromatic N) is 6. The minimum Gasteiger partial charge on any atom is -0.363 e. The van der Waals surface area contributed by atoms with E-state index in [4.69, 9.17) is 0 Å². The number of carbonyl (C=O) groups is 1. The summed E-state index contributed by atoms with van der Waals surface area (Å²) in [6, 6.07) is 3.33. The lowest BCUT2D eigenvalue weighted by molar-refractivity contribution is -0.135. The molecular formula is C21H34N6O. The Morgan fingerprint density at radius 1 is 0.929 bits per heavy atom. The van der Waals surface area contributed by atoms with Crippen molar-refractivity contribution >= 4 is 17.5 Å². The molecule has 4 rings (SSSR count). The zero-order chi connectivity index (χ0) is 19.7. The Labute approximate surface area is 168 Å². The number of likely N-dealkylation sites (N-methyl/N-ethyl adjacent to an activating group) is 1. The monoisotopic (exact) mass is 386 g/mol. The summed E-state index contributed by atoms with van der Waals surface area (Å²) in [6.07, 6.45) is 9.71. The summed E-state index contributed by atoms with van der Waals surface area (Å²) in [5.41, 5.74) is 0. The van der Waals surface area contributed by atoms with Gasteiger partial charge >= 0.3 is 0 Å². The average Bonchev–Trinajstić information content (AvgIpc) is 3.54. The van der Waals surface area contributed by atoms with Crippen molar-refractivity contribution in [3.8, 4) is 0 Å². The van der Waals surface area contributed by atoms with Gasteiger partial charge in [-0.3, -0.25) is 9.69 Å². The number of amides is 1. The van der Waals surface area contributed by atoms with Crippen molar-refractivity contribution in [2.24, 2.45) is 0 Å². The number of piperidine rings is 1. The fourth-order valence-corrected chi connectivity index (χ4v) is 4.74. The highest BCUT2D eigenvalue weighted by molar-refractivity contribution is 5.81. The lowest BCUT2D eigenvalue weighted by Gasteiger charge is -2.42. The van der Waals surface area contributed by atoms with Crippen molar-refractivity contribution in [3.05, 3.63) is 12.4 Å². The molecule has 0 radical (unpaired) electrons. The van der Waals surface area contributed by atoms with Crippen molar-refractivity contribution in [1.82, 2.24) is 19.8 Å². The molecule has 0 aromatic carbocycles. The third kappa shape index (κ3) is 4.09. The maximum atomic E-state index is 12.8. The average molecular weight is 387 g/mol. The molecule has 7 nitrogen and oxygen atoms in total. The molecule has 1 atom stereocenters. The Kier molecular flexibility index (Phi) is 5.71. The van der Waals surface area contributed by atoms with E-state index in [0.717, 1.165) is 63.4 Å². The van der Waals surface area contributed by atoms with Crippen LogP contribution in [0.4, 0.5) is 11.6 Å². The predicted octanol–water partition coefficient (Wildman–Crippen LogP) is 1.99. The number of hydrogen-bond donors (Lipinski definition) is 0. The minimum absolute atomic E-state index is 0.0854. The van der Waals surface area contributed by atoms with Crippen LogP contribution in [0.25, 0.3) is 0 Å². The first-order valence-electron chi connectivity index (χ1n) is 10.8. The molecule has 0 N–H and O–H groups in total. The van der Waals surface area contributed by atoms with Gasteiger partial charge in [-0.05, 0) is 44.9 Å². The lowest BCUT2D eigenvalue weighted by Crippen LogP contribution is -2.53. The highest BCUT2D eigenvalue weighted by Gasteiger charge is 2.39. The summed E-state index contributed by atoms with van der Waals surface area (Å²) in [5, 5.41) is 0. The Bertz CT molecular complexity index is 683. The first kappa shape index (κ1) is 19.4. The van der Waals surface area contributed by atoms with Gasteiger partial charge in [-0.15, -0.1) is 0 Å². The first-order valence-corrected chi connectivity index (χ1v) is 10.8. The normalized spacial score (nSPS) is 24.9. The van der Waals surface area contributed by atoms with Gasteiger partial charge in [-0.2, -0.15) is 0 Å². The molecule has 2 saturated heterocycles. The van der Waals surface area contributed by atoms with E-state index in [-0.39, 0.29) is 6.04 Å². The van der Waals surface area contributed by atoms with E-state index >= 15 is 0 Å². The van der Waals surface area contributed by atoms with Crippen LogP contribution in [0, 0.1) is 0 Å². The van der Waals surface area contributed by atoms with Crippen LogP contribution in [0.1, 0.15) is 44.9 Å². The molecule has 3 aliphatic rings. The Balaban J connectivity index is 1.44. The van der Waals surface area contributed by atoms with Crippen molar-refractivity contribution in [2.75, 3.05) is 50.6 Å². The molecular weight excluding hydrogens is 352 g/mol. The second kappa shape index (κ2) is 8.23. The second-order valence-electron chi connectivity index (χ2n) is 8.81. The molecule has 28 heavy (non-hydrogen) atoms. The van der Waals surface area contributed by atoms with Crippen LogP contribution in [0.15, 0.2) is 12.4 Å². The fourth-order valence-electron chi connectivity index (χ4n) is 4.74. The first-order chi connectivity index (χ1) is 13.5. The van der Waals surface area contributed by atoms with Crippen LogP contribution in [0.3, 0.4) is 0 Å². The van der Waals surface area contributed by atoms with Crippen LogP contribution in [0.5, 0.6) is 0 Å². The summed E-state index contributed by atoms with van der Waals surface area (Å²) < 4.78 is 0. The molecule has 0 bridgehead atoms. The molecule has 3 fully saturated rings. The fraction of sp³-hybridized carbons (Fsp3) is 0.762. The number of likely N-dealkylation sites (tertiary alicyclic amines) is 2. The summed E-state index contributed by atoms with van der Waals surface area (Å²) in [7, 11) is 6.00. The van der Waals surface area contributed by atoms with Crippen LogP contribution in [-0.2, 0) is 4.79 Å². The third-order valence-corrected chi connectivity index (χ3v) is 6.52. The van der Waals surface area contributed by atoms with E-state index < -0.39 is 0 Å². The molecule has 1 aromatic heterocycles. The van der Waals surface area contributed by atoms with E-state index in [1.54, 1.807) is 6.33 Å². The smallest absolute Gasteiger partial charge is 0.239 e. The summed E-state index contributed by atoms with van der Waals surface area (Å²) in [4.78, 5) is 30.7. The summed E-state index contributed by atoms with van der Waals surface area (Å²) in [6.45, 7) is 2.91. The standard InChI is InChI=1S/C21H34N6O/c1-24(2)19-14-20(23-15-22-19)27(16-7-8-16)17-9-12-26(13-10-17)18-6-4-5-11-25(3)21(18)28/h14-18H,4-13H2,1-3H3. The van der Waals surface area contributed by atoms with E-state index in [2.05, 4.69) is 25.8 Å². The largest absolute Gasteiger partial charge is 0.363 e. The zero-order valence-corrected chi connectivity index (χ0v) is 17.5. The Hall–Kier alpha value is -1.89. The highest BCUT2D eigenvalue weighted by Crippen LogP contribution is 2.36. The van der Waals surface area contributed by atoms with E-state index in [9.17, 15) is 4.79 Å². The van der Waals surface area contributed by atoms with Gasteiger partial charge in [0.2, 0.25) is 5.91 Å². The quantitative estimate of drug-likeness (QED) is 0.771. The van der Waals surface area contributed by atoms with Crippen LogP contribution in [0.2, 0.25) is 0 Å². The second-order valence-corrected chi connectivity index (χ2v) is 8.81. The van der Waals surface area contributed by atoms with Gasteiger partial charge in [0, 0.05) is 58.9 Å². The lowest BCUT2D eigenvalue weighted by atomic mass is 9.99. The van der Waals surface area contributed by atoms with Crippen LogP contribution < -0.4 is 9.80 Å². The Morgan fingerprint density at radius 3 is 2.29 bits per heavy atom. The third-order valence-electron chi connectivity index (χ3n) is 6.52. The predicted molar refractivity (Wildman–Crippen MR) is 112 cm³/mol. The maximum absolute atomic E-state index is 12.8. The molecule has 1 amide bonds. The Morgan fingerprint density at radius 2 is 1.61 bits per heavy atom. The molecule has 0 spiro atoms. The van der Waals surface area contributed by atoms with Crippen molar-refractivity contribution in [3.63, 3.8) is 0 Å². The molecule has 1 aliphatic carbocycles. The molecule has 7 heteroatoms. The minimum atomic E-state index is 0.0854. The number of aromatic nitrogens is 2. The van der Waals surface area contributed by atoms with Crippen molar-refractivity contribution < 1.29 is 4.79 Å². The van der Waals surface area contributed by atoms with Crippen LogP contribution >= 0.6 is 0 Å². The van der Waals surface area contributed by atoms with Gasteiger partial charge in [0.25, 0.3) is 0 Å². The molecule has 1 aromatic rings. The van der Waals surface area contributed by atoms with Gasteiger partial charge < -0.3 is 14.7 Å². The van der Waals surface area contributed by atoms with Crippen LogP contribution in [-0.4, -0.2) is 84.6 Å². The molecule has 2 aliphatic heterocycles. The van der Waals surface area contributed by atoms with E-state index in [1.807, 2.05) is 30.9 Å². The van der Waals surface area contributed by atoms with Crippen molar-refractivity contribution in [1.29, 1.82) is 0 Å². The van der Waals surface area contributed by atoms with Gasteiger partial charge in [-0.25, -0.2) is 9.97 Å². The van der Waals surface area contributed by atoms with Gasteiger partial charge in [0.15, 0.2) is 0 Å².